The number of azide groups is 1. The van der Waals surface area contributed by atoms with E-state index in [-0.39, 0.29) is 12.6 Å². The summed E-state index contributed by atoms with van der Waals surface area (Å²) in [7, 11) is 0. The Morgan fingerprint density at radius 1 is 1.50 bits per heavy atom. The fourth-order valence-electron chi connectivity index (χ4n) is 1.22. The number of aliphatic hydroxyl groups is 1. The molecule has 0 saturated carbocycles. The number of hydrogen-bond acceptors (Lipinski definition) is 3. The Balaban J connectivity index is 2.72. The minimum atomic E-state index is -0.199. The summed E-state index contributed by atoms with van der Waals surface area (Å²) in [5.41, 5.74) is 9.31. The number of aliphatic hydroxyl groups excluding tert-OH is 1. The van der Waals surface area contributed by atoms with Gasteiger partial charge in [-0.25, -0.2) is 0 Å². The summed E-state index contributed by atoms with van der Waals surface area (Å²) in [6, 6.07) is 3.43. The first kappa shape index (κ1) is 10.5. The molecule has 1 aromatic rings. The number of pyridine rings is 1. The van der Waals surface area contributed by atoms with Crippen LogP contribution in [0.5, 0.6) is 0 Å². The van der Waals surface area contributed by atoms with Gasteiger partial charge in [-0.15, -0.1) is 0 Å². The van der Waals surface area contributed by atoms with E-state index in [2.05, 4.69) is 15.0 Å². The van der Waals surface area contributed by atoms with Crippen molar-refractivity contribution in [2.24, 2.45) is 5.11 Å². The molecule has 1 atom stereocenters. The van der Waals surface area contributed by atoms with Gasteiger partial charge in [-0.05, 0) is 36.1 Å². The normalized spacial score (nSPS) is 11.8. The Bertz CT molecular complexity index is 308. The van der Waals surface area contributed by atoms with Gasteiger partial charge in [0.05, 0.1) is 6.04 Å². The van der Waals surface area contributed by atoms with Gasteiger partial charge in [-0.1, -0.05) is 5.11 Å². The van der Waals surface area contributed by atoms with Gasteiger partial charge in [0.1, 0.15) is 0 Å². The zero-order chi connectivity index (χ0) is 10.2. The minimum Gasteiger partial charge on any atom is -0.396 e. The van der Waals surface area contributed by atoms with Crippen LogP contribution < -0.4 is 0 Å². The van der Waals surface area contributed by atoms with Gasteiger partial charge >= 0.3 is 0 Å². The van der Waals surface area contributed by atoms with Crippen molar-refractivity contribution in [3.63, 3.8) is 0 Å². The molecule has 74 valence electrons. The Hall–Kier alpha value is -1.58. The van der Waals surface area contributed by atoms with E-state index in [0.717, 1.165) is 5.56 Å². The summed E-state index contributed by atoms with van der Waals surface area (Å²) in [6.07, 6.45) is 4.61. The van der Waals surface area contributed by atoms with Gasteiger partial charge in [0.2, 0.25) is 0 Å². The van der Waals surface area contributed by atoms with E-state index >= 15 is 0 Å². The van der Waals surface area contributed by atoms with Gasteiger partial charge in [-0.3, -0.25) is 4.98 Å². The van der Waals surface area contributed by atoms with Crippen molar-refractivity contribution in [2.75, 3.05) is 6.61 Å². The van der Waals surface area contributed by atoms with Crippen LogP contribution in [0.2, 0.25) is 0 Å². The van der Waals surface area contributed by atoms with Crippen molar-refractivity contribution in [1.29, 1.82) is 0 Å². The van der Waals surface area contributed by atoms with Crippen molar-refractivity contribution in [2.45, 2.75) is 18.9 Å². The van der Waals surface area contributed by atoms with E-state index in [4.69, 9.17) is 10.6 Å². The molecule has 0 radical (unpaired) electrons. The molecule has 0 bridgehead atoms. The van der Waals surface area contributed by atoms with Crippen LogP contribution in [-0.4, -0.2) is 16.7 Å². The maximum atomic E-state index is 8.68. The topological polar surface area (TPSA) is 81.9 Å². The van der Waals surface area contributed by atoms with E-state index in [1.807, 2.05) is 12.1 Å². The highest BCUT2D eigenvalue weighted by Gasteiger charge is 2.07. The predicted octanol–water partition coefficient (Wildman–Crippen LogP) is 2.21. The molecule has 1 aromatic heterocycles. The van der Waals surface area contributed by atoms with Crippen molar-refractivity contribution in [3.05, 3.63) is 40.5 Å². The van der Waals surface area contributed by atoms with E-state index in [1.54, 1.807) is 12.4 Å². The van der Waals surface area contributed by atoms with Crippen LogP contribution in [0.15, 0.2) is 29.6 Å². The minimum absolute atomic E-state index is 0.114. The molecule has 0 aliphatic heterocycles. The van der Waals surface area contributed by atoms with Crippen LogP contribution in [-0.2, 0) is 0 Å². The van der Waals surface area contributed by atoms with E-state index in [1.165, 1.54) is 0 Å². The highest BCUT2D eigenvalue weighted by Crippen LogP contribution is 2.21. The third kappa shape index (κ3) is 3.05. The zero-order valence-corrected chi connectivity index (χ0v) is 7.74. The van der Waals surface area contributed by atoms with Crippen LogP contribution in [0.3, 0.4) is 0 Å². The summed E-state index contributed by atoms with van der Waals surface area (Å²) in [6.45, 7) is 0.114. The first-order valence-corrected chi connectivity index (χ1v) is 4.43. The standard InChI is InChI=1S/C9H12N4O/c10-13-12-9(2-1-7-14)8-3-5-11-6-4-8/h3-6,9,14H,1-2,7H2. The number of rotatable bonds is 5. The Labute approximate surface area is 82.0 Å². The lowest BCUT2D eigenvalue weighted by Gasteiger charge is -2.09. The van der Waals surface area contributed by atoms with E-state index < -0.39 is 0 Å². The molecule has 0 spiro atoms. The Morgan fingerprint density at radius 3 is 2.79 bits per heavy atom. The molecule has 1 unspecified atom stereocenters. The lowest BCUT2D eigenvalue weighted by atomic mass is 10.0. The second-order valence-corrected chi connectivity index (χ2v) is 2.87. The summed E-state index contributed by atoms with van der Waals surface area (Å²) in [5.74, 6) is 0. The lowest BCUT2D eigenvalue weighted by Crippen LogP contribution is -1.96. The molecule has 0 fully saturated rings. The van der Waals surface area contributed by atoms with Crippen molar-refractivity contribution in [1.82, 2.24) is 4.98 Å². The fraction of sp³-hybridized carbons (Fsp3) is 0.444. The molecule has 0 amide bonds. The Morgan fingerprint density at radius 2 is 2.21 bits per heavy atom. The highest BCUT2D eigenvalue weighted by atomic mass is 16.2. The average molecular weight is 192 g/mol. The first-order chi connectivity index (χ1) is 6.88. The molecular formula is C9H12N4O. The molecule has 0 aromatic carbocycles. The first-order valence-electron chi connectivity index (χ1n) is 4.43. The number of hydrogen-bond donors (Lipinski definition) is 1. The van der Waals surface area contributed by atoms with E-state index in [9.17, 15) is 0 Å². The molecule has 0 saturated heterocycles. The summed E-state index contributed by atoms with van der Waals surface area (Å²) >= 11 is 0. The highest BCUT2D eigenvalue weighted by molar-refractivity contribution is 5.14. The maximum absolute atomic E-state index is 8.68. The summed E-state index contributed by atoms with van der Waals surface area (Å²) in [4.78, 5) is 6.67. The molecule has 1 heterocycles. The van der Waals surface area contributed by atoms with Crippen LogP contribution in [0.4, 0.5) is 0 Å². The Kier molecular flexibility index (Phi) is 4.47. The largest absolute Gasteiger partial charge is 0.396 e. The zero-order valence-electron chi connectivity index (χ0n) is 7.74. The molecule has 14 heavy (non-hydrogen) atoms. The van der Waals surface area contributed by atoms with Gasteiger partial charge in [0.15, 0.2) is 0 Å². The SMILES string of the molecule is [N-]=[N+]=NC(CCCO)c1ccncc1. The average Bonchev–Trinajstić information content (AvgIpc) is 2.25. The molecule has 1 N–H and O–H groups in total. The van der Waals surface area contributed by atoms with Crippen LogP contribution >= 0.6 is 0 Å². The monoisotopic (exact) mass is 192 g/mol. The molecule has 1 rings (SSSR count). The molecular weight excluding hydrogens is 180 g/mol. The van der Waals surface area contributed by atoms with Crippen LogP contribution in [0.25, 0.3) is 10.4 Å². The predicted molar refractivity (Wildman–Crippen MR) is 52.4 cm³/mol. The molecule has 5 heteroatoms. The lowest BCUT2D eigenvalue weighted by molar-refractivity contribution is 0.280. The summed E-state index contributed by atoms with van der Waals surface area (Å²) < 4.78 is 0. The van der Waals surface area contributed by atoms with Crippen LogP contribution in [0.1, 0.15) is 24.4 Å². The third-order valence-electron chi connectivity index (χ3n) is 1.92. The van der Waals surface area contributed by atoms with Crippen molar-refractivity contribution >= 4 is 0 Å². The molecule has 0 aliphatic carbocycles. The smallest absolute Gasteiger partial charge is 0.0627 e. The number of aromatic nitrogens is 1. The van der Waals surface area contributed by atoms with Crippen molar-refractivity contribution in [3.8, 4) is 0 Å². The van der Waals surface area contributed by atoms with Gasteiger partial charge in [0, 0.05) is 23.9 Å². The quantitative estimate of drug-likeness (QED) is 0.440. The van der Waals surface area contributed by atoms with Crippen LogP contribution in [0, 0.1) is 0 Å². The van der Waals surface area contributed by atoms with E-state index in [0.29, 0.717) is 12.8 Å². The maximum Gasteiger partial charge on any atom is 0.0627 e. The third-order valence-corrected chi connectivity index (χ3v) is 1.92. The van der Waals surface area contributed by atoms with Gasteiger partial charge in [0.25, 0.3) is 0 Å². The fourth-order valence-corrected chi connectivity index (χ4v) is 1.22. The molecule has 0 aliphatic rings. The van der Waals surface area contributed by atoms with Gasteiger partial charge in [-0.2, -0.15) is 0 Å². The second kappa shape index (κ2) is 5.96. The van der Waals surface area contributed by atoms with Gasteiger partial charge < -0.3 is 5.11 Å². The van der Waals surface area contributed by atoms with Crippen molar-refractivity contribution < 1.29 is 5.11 Å². The molecule has 5 nitrogen and oxygen atoms in total. The second-order valence-electron chi connectivity index (χ2n) is 2.87. The summed E-state index contributed by atoms with van der Waals surface area (Å²) in [5, 5.41) is 12.4. The number of nitrogens with zero attached hydrogens (tertiary/aromatic N) is 4.